The number of oxazole rings is 1. The van der Waals surface area contributed by atoms with Crippen molar-refractivity contribution < 1.29 is 28.6 Å². The minimum Gasteiger partial charge on any atom is -0.481 e. The number of fused-ring (bicyclic) bond motifs is 2. The quantitative estimate of drug-likeness (QED) is 0.423. The molecule has 1 aliphatic rings. The van der Waals surface area contributed by atoms with Crippen molar-refractivity contribution in [1.82, 2.24) is 4.98 Å². The number of carbonyl (C=O) groups excluding carboxylic acids is 1. The van der Waals surface area contributed by atoms with Crippen molar-refractivity contribution in [3.63, 3.8) is 0 Å². The van der Waals surface area contributed by atoms with Crippen LogP contribution in [0.4, 0.5) is 5.69 Å². The molecule has 0 radical (unpaired) electrons. The molecule has 2 N–H and O–H groups in total. The number of ether oxygens (including phenoxy) is 2. The summed E-state index contributed by atoms with van der Waals surface area (Å²) in [6.45, 7) is 0.203. The molecule has 0 bridgehead atoms. The molecule has 0 atom stereocenters. The van der Waals surface area contributed by atoms with Gasteiger partial charge in [-0.15, -0.1) is 0 Å². The summed E-state index contributed by atoms with van der Waals surface area (Å²) in [5, 5.41) is 11.8. The van der Waals surface area contributed by atoms with E-state index in [-0.39, 0.29) is 19.1 Å². The van der Waals surface area contributed by atoms with E-state index >= 15 is 0 Å². The number of rotatable bonds is 6. The van der Waals surface area contributed by atoms with E-state index in [2.05, 4.69) is 10.3 Å². The molecule has 8 nitrogen and oxygen atoms in total. The standard InChI is InChI=1S/C25H18N2O6/c28-23(10-3-15-1-9-21-22(12-15)32-14-31-21)26-18-6-4-17(5-7-18)25-27-19-11-16(13-24(29)30)2-8-20(19)33-25/h1-12H,13-14H2,(H,26,28)(H,29,30)/b10-3+. The average molecular weight is 442 g/mol. The number of carboxylic acid groups (broad SMARTS) is 1. The molecule has 33 heavy (non-hydrogen) atoms. The molecular weight excluding hydrogens is 424 g/mol. The van der Waals surface area contributed by atoms with Crippen LogP contribution in [0.1, 0.15) is 11.1 Å². The minimum absolute atomic E-state index is 0.0738. The maximum atomic E-state index is 12.3. The van der Waals surface area contributed by atoms with Gasteiger partial charge in [-0.25, -0.2) is 4.98 Å². The Labute approximate surface area is 188 Å². The first kappa shape index (κ1) is 20.3. The lowest BCUT2D eigenvalue weighted by molar-refractivity contribution is -0.136. The van der Waals surface area contributed by atoms with E-state index < -0.39 is 5.97 Å². The highest BCUT2D eigenvalue weighted by Crippen LogP contribution is 2.32. The molecule has 5 rings (SSSR count). The van der Waals surface area contributed by atoms with Gasteiger partial charge in [-0.1, -0.05) is 12.1 Å². The molecule has 0 spiro atoms. The Morgan fingerprint density at radius 1 is 1.00 bits per heavy atom. The van der Waals surface area contributed by atoms with Gasteiger partial charge in [0.15, 0.2) is 17.1 Å². The van der Waals surface area contributed by atoms with Crippen molar-refractivity contribution in [3.05, 3.63) is 77.9 Å². The molecule has 8 heteroatoms. The Morgan fingerprint density at radius 2 is 1.82 bits per heavy atom. The normalized spacial score (nSPS) is 12.4. The summed E-state index contributed by atoms with van der Waals surface area (Å²) in [5.74, 6) is 0.592. The highest BCUT2D eigenvalue weighted by Gasteiger charge is 2.13. The number of hydrogen-bond donors (Lipinski definition) is 2. The smallest absolute Gasteiger partial charge is 0.307 e. The molecule has 0 saturated heterocycles. The molecule has 164 valence electrons. The number of hydrogen-bond acceptors (Lipinski definition) is 6. The van der Waals surface area contributed by atoms with Crippen molar-refractivity contribution >= 4 is 34.7 Å². The van der Waals surface area contributed by atoms with Gasteiger partial charge in [0, 0.05) is 17.3 Å². The number of benzene rings is 3. The van der Waals surface area contributed by atoms with Crippen LogP contribution in [0.15, 0.2) is 71.2 Å². The lowest BCUT2D eigenvalue weighted by Crippen LogP contribution is -2.07. The van der Waals surface area contributed by atoms with E-state index in [9.17, 15) is 9.59 Å². The number of anilines is 1. The van der Waals surface area contributed by atoms with E-state index in [0.29, 0.717) is 39.7 Å². The third-order valence-electron chi connectivity index (χ3n) is 5.03. The Kier molecular flexibility index (Phi) is 5.24. The van der Waals surface area contributed by atoms with Gasteiger partial charge < -0.3 is 24.3 Å². The zero-order valence-electron chi connectivity index (χ0n) is 17.3. The summed E-state index contributed by atoms with van der Waals surface area (Å²) < 4.78 is 16.4. The molecule has 3 aromatic carbocycles. The molecule has 1 aliphatic heterocycles. The van der Waals surface area contributed by atoms with Gasteiger partial charge in [0.1, 0.15) is 5.52 Å². The van der Waals surface area contributed by atoms with Crippen molar-refractivity contribution in [2.75, 3.05) is 12.1 Å². The van der Waals surface area contributed by atoms with Gasteiger partial charge >= 0.3 is 5.97 Å². The summed E-state index contributed by atoms with van der Waals surface area (Å²) in [6.07, 6.45) is 3.07. The van der Waals surface area contributed by atoms with Crippen LogP contribution in [0, 0.1) is 0 Å². The second-order valence-corrected chi connectivity index (χ2v) is 7.40. The van der Waals surface area contributed by atoms with Gasteiger partial charge in [-0.2, -0.15) is 0 Å². The molecular formula is C25H18N2O6. The summed E-state index contributed by atoms with van der Waals surface area (Å²) in [7, 11) is 0. The second kappa shape index (κ2) is 8.51. The zero-order chi connectivity index (χ0) is 22.8. The molecule has 1 amide bonds. The Balaban J connectivity index is 1.25. The summed E-state index contributed by atoms with van der Waals surface area (Å²) >= 11 is 0. The summed E-state index contributed by atoms with van der Waals surface area (Å²) in [6, 6.07) is 17.7. The molecule has 0 unspecified atom stereocenters. The SMILES string of the molecule is O=C(O)Cc1ccc2oc(-c3ccc(NC(=O)/C=C/c4ccc5c(c4)OCO5)cc3)nc2c1. The van der Waals surface area contributed by atoms with E-state index in [1.54, 1.807) is 54.6 Å². The fourth-order valence-electron chi connectivity index (χ4n) is 3.45. The van der Waals surface area contributed by atoms with Crippen LogP contribution >= 0.6 is 0 Å². The number of carbonyl (C=O) groups is 2. The van der Waals surface area contributed by atoms with Crippen molar-refractivity contribution in [3.8, 4) is 23.0 Å². The van der Waals surface area contributed by atoms with Crippen LogP contribution in [-0.2, 0) is 16.0 Å². The van der Waals surface area contributed by atoms with E-state index in [1.807, 2.05) is 12.1 Å². The highest BCUT2D eigenvalue weighted by atomic mass is 16.7. The van der Waals surface area contributed by atoms with Crippen LogP contribution < -0.4 is 14.8 Å². The van der Waals surface area contributed by atoms with Crippen LogP contribution in [0.3, 0.4) is 0 Å². The van der Waals surface area contributed by atoms with Gasteiger partial charge in [0.2, 0.25) is 18.6 Å². The lowest BCUT2D eigenvalue weighted by atomic mass is 10.1. The predicted octanol–water partition coefficient (Wildman–Crippen LogP) is 4.50. The lowest BCUT2D eigenvalue weighted by Gasteiger charge is -2.03. The fraction of sp³-hybridized carbons (Fsp3) is 0.0800. The Morgan fingerprint density at radius 3 is 2.64 bits per heavy atom. The summed E-state index contributed by atoms with van der Waals surface area (Å²) in [5.41, 5.74) is 4.01. The first-order valence-electron chi connectivity index (χ1n) is 10.1. The number of carboxylic acids is 1. The number of amides is 1. The maximum Gasteiger partial charge on any atom is 0.307 e. The number of aromatic nitrogens is 1. The second-order valence-electron chi connectivity index (χ2n) is 7.40. The van der Waals surface area contributed by atoms with E-state index in [1.165, 1.54) is 6.08 Å². The van der Waals surface area contributed by atoms with Crippen LogP contribution in [0.2, 0.25) is 0 Å². The van der Waals surface area contributed by atoms with Gasteiger partial charge in [-0.3, -0.25) is 9.59 Å². The van der Waals surface area contributed by atoms with Crippen molar-refractivity contribution in [2.45, 2.75) is 6.42 Å². The minimum atomic E-state index is -0.901. The average Bonchev–Trinajstić information content (AvgIpc) is 3.44. The number of nitrogens with one attached hydrogen (secondary N) is 1. The van der Waals surface area contributed by atoms with E-state index in [0.717, 1.165) is 11.1 Å². The third kappa shape index (κ3) is 4.54. The topological polar surface area (TPSA) is 111 Å². The molecule has 0 aliphatic carbocycles. The first-order valence-corrected chi connectivity index (χ1v) is 10.1. The summed E-state index contributed by atoms with van der Waals surface area (Å²) in [4.78, 5) is 27.6. The van der Waals surface area contributed by atoms with Crippen LogP contribution in [0.25, 0.3) is 28.6 Å². The highest BCUT2D eigenvalue weighted by molar-refractivity contribution is 6.02. The van der Waals surface area contributed by atoms with Crippen LogP contribution in [0.5, 0.6) is 11.5 Å². The van der Waals surface area contributed by atoms with Gasteiger partial charge in [-0.05, 0) is 65.7 Å². The molecule has 2 heterocycles. The van der Waals surface area contributed by atoms with Crippen LogP contribution in [-0.4, -0.2) is 28.8 Å². The number of nitrogens with zero attached hydrogens (tertiary/aromatic N) is 1. The third-order valence-corrected chi connectivity index (χ3v) is 5.03. The monoisotopic (exact) mass is 442 g/mol. The molecule has 0 saturated carbocycles. The first-order chi connectivity index (χ1) is 16.0. The maximum absolute atomic E-state index is 12.3. The van der Waals surface area contributed by atoms with Crippen molar-refractivity contribution in [2.24, 2.45) is 0 Å². The van der Waals surface area contributed by atoms with E-state index in [4.69, 9.17) is 19.0 Å². The zero-order valence-corrected chi connectivity index (χ0v) is 17.3. The predicted molar refractivity (Wildman–Crippen MR) is 121 cm³/mol. The van der Waals surface area contributed by atoms with Crippen molar-refractivity contribution in [1.29, 1.82) is 0 Å². The van der Waals surface area contributed by atoms with Gasteiger partial charge in [0.25, 0.3) is 0 Å². The molecule has 4 aromatic rings. The molecule has 1 aromatic heterocycles. The van der Waals surface area contributed by atoms with Gasteiger partial charge in [0.05, 0.1) is 6.42 Å². The molecule has 0 fully saturated rings. The Bertz CT molecular complexity index is 1390. The largest absolute Gasteiger partial charge is 0.481 e. The fourth-order valence-corrected chi connectivity index (χ4v) is 3.45. The Hall–Kier alpha value is -4.59. The number of aliphatic carboxylic acids is 1.